The van der Waals surface area contributed by atoms with Crippen LogP contribution in [0.5, 0.6) is 5.75 Å². The molecular weight excluding hydrogens is 305 g/mol. The second-order valence-electron chi connectivity index (χ2n) is 3.52. The van der Waals surface area contributed by atoms with Crippen molar-refractivity contribution in [3.63, 3.8) is 0 Å². The fourth-order valence-corrected chi connectivity index (χ4v) is 2.00. The number of carbonyl (C=O) groups excluding carboxylic acids is 1. The summed E-state index contributed by atoms with van der Waals surface area (Å²) in [6.07, 6.45) is 1.10. The first-order chi connectivity index (χ1) is 8.54. The standard InChI is InChI=1S/C12H9BrFNO3/c1-2-18-12(17)8-5-15-10-7(11(8)16)3-6(13)4-9(10)14/h3-5H,2H2,1H3,(H,15,16). The minimum Gasteiger partial charge on any atom is -0.506 e. The Bertz CT molecular complexity index is 630. The van der Waals surface area contributed by atoms with Gasteiger partial charge in [-0.2, -0.15) is 0 Å². The summed E-state index contributed by atoms with van der Waals surface area (Å²) in [6, 6.07) is 2.72. The molecule has 0 radical (unpaired) electrons. The average Bonchev–Trinajstić information content (AvgIpc) is 2.30. The first-order valence-corrected chi connectivity index (χ1v) is 5.97. The first kappa shape index (κ1) is 12.8. The van der Waals surface area contributed by atoms with E-state index in [0.29, 0.717) is 4.47 Å². The number of aromatic hydroxyl groups is 1. The average molecular weight is 314 g/mol. The molecule has 0 aliphatic heterocycles. The fraction of sp³-hybridized carbons (Fsp3) is 0.167. The number of pyridine rings is 1. The van der Waals surface area contributed by atoms with E-state index in [0.717, 1.165) is 6.20 Å². The molecule has 2 aromatic rings. The SMILES string of the molecule is CCOC(=O)c1cnc2c(F)cc(Br)cc2c1O. The van der Waals surface area contributed by atoms with E-state index >= 15 is 0 Å². The predicted molar refractivity (Wildman–Crippen MR) is 67.0 cm³/mol. The molecule has 4 nitrogen and oxygen atoms in total. The predicted octanol–water partition coefficient (Wildman–Crippen LogP) is 3.02. The number of hydrogen-bond acceptors (Lipinski definition) is 4. The maximum Gasteiger partial charge on any atom is 0.343 e. The minimum absolute atomic E-state index is 0.00347. The largest absolute Gasteiger partial charge is 0.506 e. The first-order valence-electron chi connectivity index (χ1n) is 5.18. The van der Waals surface area contributed by atoms with Crippen LogP contribution in [0.3, 0.4) is 0 Å². The van der Waals surface area contributed by atoms with Crippen LogP contribution < -0.4 is 0 Å². The molecule has 0 aliphatic rings. The van der Waals surface area contributed by atoms with Crippen LogP contribution in [0.25, 0.3) is 10.9 Å². The highest BCUT2D eigenvalue weighted by molar-refractivity contribution is 9.10. The third kappa shape index (κ3) is 2.15. The minimum atomic E-state index is -0.690. The molecule has 6 heteroatoms. The maximum absolute atomic E-state index is 13.6. The highest BCUT2D eigenvalue weighted by Crippen LogP contribution is 2.31. The summed E-state index contributed by atoms with van der Waals surface area (Å²) in [7, 11) is 0. The van der Waals surface area contributed by atoms with Crippen molar-refractivity contribution in [1.82, 2.24) is 4.98 Å². The molecule has 0 aliphatic carbocycles. The van der Waals surface area contributed by atoms with Gasteiger partial charge in [0.25, 0.3) is 0 Å². The number of rotatable bonds is 2. The van der Waals surface area contributed by atoms with Crippen LogP contribution in [0.1, 0.15) is 17.3 Å². The number of fused-ring (bicyclic) bond motifs is 1. The number of benzene rings is 1. The van der Waals surface area contributed by atoms with Crippen molar-refractivity contribution in [3.8, 4) is 5.75 Å². The molecule has 0 unspecified atom stereocenters. The quantitative estimate of drug-likeness (QED) is 0.866. The second-order valence-corrected chi connectivity index (χ2v) is 4.44. The molecule has 18 heavy (non-hydrogen) atoms. The van der Waals surface area contributed by atoms with E-state index in [1.165, 1.54) is 12.1 Å². The molecular formula is C12H9BrFNO3. The van der Waals surface area contributed by atoms with Crippen LogP contribution >= 0.6 is 15.9 Å². The Morgan fingerprint density at radius 3 is 2.94 bits per heavy atom. The molecule has 1 heterocycles. The summed E-state index contributed by atoms with van der Waals surface area (Å²) >= 11 is 3.11. The topological polar surface area (TPSA) is 59.4 Å². The third-order valence-electron chi connectivity index (χ3n) is 2.36. The van der Waals surface area contributed by atoms with Gasteiger partial charge < -0.3 is 9.84 Å². The van der Waals surface area contributed by atoms with E-state index in [4.69, 9.17) is 4.74 Å². The smallest absolute Gasteiger partial charge is 0.343 e. The molecule has 0 amide bonds. The molecule has 1 aromatic heterocycles. The van der Waals surface area contributed by atoms with Crippen molar-refractivity contribution in [1.29, 1.82) is 0 Å². The zero-order valence-electron chi connectivity index (χ0n) is 9.41. The lowest BCUT2D eigenvalue weighted by Gasteiger charge is -2.07. The van der Waals surface area contributed by atoms with Crippen LogP contribution in [0.2, 0.25) is 0 Å². The number of ether oxygens (including phenoxy) is 1. The molecule has 0 bridgehead atoms. The Balaban J connectivity index is 2.67. The fourth-order valence-electron chi connectivity index (χ4n) is 1.57. The van der Waals surface area contributed by atoms with Gasteiger partial charge in [0.2, 0.25) is 0 Å². The van der Waals surface area contributed by atoms with Gasteiger partial charge in [-0.1, -0.05) is 15.9 Å². The van der Waals surface area contributed by atoms with Crippen molar-refractivity contribution in [2.24, 2.45) is 0 Å². The number of carbonyl (C=O) groups is 1. The van der Waals surface area contributed by atoms with E-state index in [-0.39, 0.29) is 28.8 Å². The van der Waals surface area contributed by atoms with Crippen molar-refractivity contribution in [3.05, 3.63) is 34.2 Å². The summed E-state index contributed by atoms with van der Waals surface area (Å²) in [6.45, 7) is 1.84. The molecule has 1 N–H and O–H groups in total. The van der Waals surface area contributed by atoms with Gasteiger partial charge in [0.1, 0.15) is 16.8 Å². The van der Waals surface area contributed by atoms with Gasteiger partial charge in [-0.25, -0.2) is 9.18 Å². The highest BCUT2D eigenvalue weighted by atomic mass is 79.9. The van der Waals surface area contributed by atoms with Crippen LogP contribution in [0, 0.1) is 5.82 Å². The van der Waals surface area contributed by atoms with Crippen LogP contribution in [0.4, 0.5) is 4.39 Å². The number of hydrogen-bond donors (Lipinski definition) is 1. The molecule has 0 atom stereocenters. The normalized spacial score (nSPS) is 10.6. The van der Waals surface area contributed by atoms with Gasteiger partial charge in [0, 0.05) is 16.1 Å². The number of halogens is 2. The Labute approximate surface area is 111 Å². The van der Waals surface area contributed by atoms with E-state index in [1.807, 2.05) is 0 Å². The number of nitrogens with zero attached hydrogens (tertiary/aromatic N) is 1. The van der Waals surface area contributed by atoms with E-state index in [1.54, 1.807) is 6.92 Å². The Hall–Kier alpha value is -1.69. The summed E-state index contributed by atoms with van der Waals surface area (Å²) in [5.41, 5.74) is -0.0781. The summed E-state index contributed by atoms with van der Waals surface area (Å²) < 4.78 is 18.8. The summed E-state index contributed by atoms with van der Waals surface area (Å²) in [5, 5.41) is 10.1. The van der Waals surface area contributed by atoms with Gasteiger partial charge in [0.05, 0.1) is 6.61 Å². The molecule has 0 spiro atoms. The zero-order chi connectivity index (χ0) is 13.3. The van der Waals surface area contributed by atoms with Gasteiger partial charge in [-0.3, -0.25) is 4.98 Å². The Morgan fingerprint density at radius 1 is 1.56 bits per heavy atom. The highest BCUT2D eigenvalue weighted by Gasteiger charge is 2.17. The van der Waals surface area contributed by atoms with Crippen molar-refractivity contribution in [2.45, 2.75) is 6.92 Å². The lowest BCUT2D eigenvalue weighted by atomic mass is 10.1. The van der Waals surface area contributed by atoms with Crippen molar-refractivity contribution < 1.29 is 19.0 Å². The molecule has 0 saturated heterocycles. The van der Waals surface area contributed by atoms with Gasteiger partial charge in [-0.15, -0.1) is 0 Å². The molecule has 2 rings (SSSR count). The van der Waals surface area contributed by atoms with E-state index in [9.17, 15) is 14.3 Å². The van der Waals surface area contributed by atoms with E-state index < -0.39 is 11.8 Å². The van der Waals surface area contributed by atoms with Crippen molar-refractivity contribution in [2.75, 3.05) is 6.61 Å². The van der Waals surface area contributed by atoms with Crippen LogP contribution in [0.15, 0.2) is 22.8 Å². The van der Waals surface area contributed by atoms with Crippen LogP contribution in [-0.4, -0.2) is 22.7 Å². The molecule has 0 fully saturated rings. The lowest BCUT2D eigenvalue weighted by Crippen LogP contribution is -2.06. The van der Waals surface area contributed by atoms with Crippen LogP contribution in [-0.2, 0) is 4.74 Å². The third-order valence-corrected chi connectivity index (χ3v) is 2.81. The maximum atomic E-state index is 13.6. The molecule has 1 aromatic carbocycles. The Morgan fingerprint density at radius 2 is 2.28 bits per heavy atom. The van der Waals surface area contributed by atoms with Crippen molar-refractivity contribution >= 4 is 32.8 Å². The van der Waals surface area contributed by atoms with Gasteiger partial charge in [0.15, 0.2) is 5.82 Å². The number of esters is 1. The lowest BCUT2D eigenvalue weighted by molar-refractivity contribution is 0.0523. The number of aromatic nitrogens is 1. The molecule has 94 valence electrons. The summed E-state index contributed by atoms with van der Waals surface area (Å²) in [4.78, 5) is 15.4. The van der Waals surface area contributed by atoms with Gasteiger partial charge >= 0.3 is 5.97 Å². The summed E-state index contributed by atoms with van der Waals surface area (Å²) in [5.74, 6) is -1.60. The van der Waals surface area contributed by atoms with Gasteiger partial charge in [-0.05, 0) is 19.1 Å². The monoisotopic (exact) mass is 313 g/mol. The Kier molecular flexibility index (Phi) is 3.47. The molecule has 0 saturated carbocycles. The van der Waals surface area contributed by atoms with E-state index in [2.05, 4.69) is 20.9 Å². The zero-order valence-corrected chi connectivity index (χ0v) is 11.0. The second kappa shape index (κ2) is 4.89.